The van der Waals surface area contributed by atoms with E-state index >= 15 is 0 Å². The number of nitrogens with one attached hydrogen (secondary N) is 2. The number of hydrogen-bond donors (Lipinski definition) is 3. The van der Waals surface area contributed by atoms with E-state index in [0.717, 1.165) is 39.3 Å². The van der Waals surface area contributed by atoms with E-state index in [9.17, 15) is 5.11 Å². The highest BCUT2D eigenvalue weighted by Gasteiger charge is 2.17. The van der Waals surface area contributed by atoms with E-state index in [1.807, 2.05) is 0 Å². The molecule has 1 heterocycles. The van der Waals surface area contributed by atoms with Gasteiger partial charge < -0.3 is 15.7 Å². The number of aliphatic hydroxyl groups excluding tert-OH is 1. The maximum absolute atomic E-state index is 10.0. The molecule has 4 heteroatoms. The zero-order valence-electron chi connectivity index (χ0n) is 10.8. The van der Waals surface area contributed by atoms with Crippen molar-refractivity contribution >= 4 is 0 Å². The highest BCUT2D eigenvalue weighted by molar-refractivity contribution is 4.76. The fraction of sp³-hybridized carbons (Fsp3) is 1.00. The molecule has 0 spiro atoms. The summed E-state index contributed by atoms with van der Waals surface area (Å²) in [4.78, 5) is 2.35. The van der Waals surface area contributed by atoms with Crippen molar-refractivity contribution in [3.05, 3.63) is 0 Å². The van der Waals surface area contributed by atoms with Gasteiger partial charge in [0.2, 0.25) is 0 Å². The van der Waals surface area contributed by atoms with Crippen LogP contribution in [0.4, 0.5) is 0 Å². The zero-order valence-corrected chi connectivity index (χ0v) is 10.8. The Labute approximate surface area is 105 Å². The van der Waals surface area contributed by atoms with E-state index in [1.165, 1.54) is 32.1 Å². The minimum atomic E-state index is -0.213. The molecule has 0 aromatic rings. The molecule has 0 bridgehead atoms. The van der Waals surface area contributed by atoms with Gasteiger partial charge in [0.1, 0.15) is 0 Å². The van der Waals surface area contributed by atoms with E-state index in [-0.39, 0.29) is 6.10 Å². The third-order valence-corrected chi connectivity index (χ3v) is 3.93. The van der Waals surface area contributed by atoms with Gasteiger partial charge in [0.05, 0.1) is 6.10 Å². The Morgan fingerprint density at radius 2 is 1.88 bits per heavy atom. The summed E-state index contributed by atoms with van der Waals surface area (Å²) in [5.41, 5.74) is 0. The van der Waals surface area contributed by atoms with Crippen LogP contribution in [-0.4, -0.2) is 61.4 Å². The van der Waals surface area contributed by atoms with Gasteiger partial charge >= 0.3 is 0 Å². The van der Waals surface area contributed by atoms with Gasteiger partial charge in [-0.15, -0.1) is 0 Å². The van der Waals surface area contributed by atoms with Crippen LogP contribution in [0.2, 0.25) is 0 Å². The molecule has 0 aromatic heterocycles. The largest absolute Gasteiger partial charge is 0.390 e. The van der Waals surface area contributed by atoms with Crippen LogP contribution in [0.1, 0.15) is 32.1 Å². The van der Waals surface area contributed by atoms with E-state index in [1.54, 1.807) is 0 Å². The molecule has 1 atom stereocenters. The molecule has 17 heavy (non-hydrogen) atoms. The molecule has 100 valence electrons. The smallest absolute Gasteiger partial charge is 0.0791 e. The first kappa shape index (κ1) is 13.3. The summed E-state index contributed by atoms with van der Waals surface area (Å²) in [5, 5.41) is 16.9. The average molecular weight is 241 g/mol. The molecular weight excluding hydrogens is 214 g/mol. The molecule has 1 unspecified atom stereocenters. The van der Waals surface area contributed by atoms with Crippen LogP contribution in [0.5, 0.6) is 0 Å². The third kappa shape index (κ3) is 4.92. The summed E-state index contributed by atoms with van der Waals surface area (Å²) in [6.45, 7) is 5.84. The molecule has 1 saturated carbocycles. The minimum Gasteiger partial charge on any atom is -0.390 e. The second-order valence-corrected chi connectivity index (χ2v) is 5.45. The van der Waals surface area contributed by atoms with Crippen molar-refractivity contribution in [2.45, 2.75) is 44.2 Å². The maximum Gasteiger partial charge on any atom is 0.0791 e. The van der Waals surface area contributed by atoms with Gasteiger partial charge in [-0.05, 0) is 12.8 Å². The van der Waals surface area contributed by atoms with Crippen molar-refractivity contribution in [3.63, 3.8) is 0 Å². The fourth-order valence-corrected chi connectivity index (χ4v) is 2.87. The van der Waals surface area contributed by atoms with Gasteiger partial charge in [-0.3, -0.25) is 4.90 Å². The van der Waals surface area contributed by atoms with Gasteiger partial charge in [0, 0.05) is 45.3 Å². The highest BCUT2D eigenvalue weighted by Crippen LogP contribution is 2.17. The Kier molecular flexibility index (Phi) is 5.71. The average Bonchev–Trinajstić information content (AvgIpc) is 2.39. The van der Waals surface area contributed by atoms with Gasteiger partial charge in [-0.25, -0.2) is 0 Å². The monoisotopic (exact) mass is 241 g/mol. The molecule has 3 N–H and O–H groups in total. The Balaban J connectivity index is 1.57. The summed E-state index contributed by atoms with van der Waals surface area (Å²) in [6, 6.07) is 0.654. The fourth-order valence-electron chi connectivity index (χ4n) is 2.87. The molecule has 4 nitrogen and oxygen atoms in total. The molecule has 1 aliphatic heterocycles. The van der Waals surface area contributed by atoms with Gasteiger partial charge in [0.25, 0.3) is 0 Å². The Morgan fingerprint density at radius 3 is 2.59 bits per heavy atom. The minimum absolute atomic E-state index is 0.213. The SMILES string of the molecule is OC(CNC1CCCCC1)CN1CCNCC1. The van der Waals surface area contributed by atoms with Crippen LogP contribution in [-0.2, 0) is 0 Å². The molecule has 1 saturated heterocycles. The molecule has 2 rings (SSSR count). The summed E-state index contributed by atoms with van der Waals surface area (Å²) in [7, 11) is 0. The molecule has 0 amide bonds. The molecule has 0 radical (unpaired) electrons. The lowest BCUT2D eigenvalue weighted by molar-refractivity contribution is 0.100. The van der Waals surface area contributed by atoms with E-state index < -0.39 is 0 Å². The first-order valence-corrected chi connectivity index (χ1v) is 7.19. The number of aliphatic hydroxyl groups is 1. The topological polar surface area (TPSA) is 47.5 Å². The van der Waals surface area contributed by atoms with Crippen LogP contribution in [0, 0.1) is 0 Å². The van der Waals surface area contributed by atoms with Crippen molar-refractivity contribution in [3.8, 4) is 0 Å². The van der Waals surface area contributed by atoms with Gasteiger partial charge in [-0.2, -0.15) is 0 Å². The van der Waals surface area contributed by atoms with Crippen molar-refractivity contribution in [1.82, 2.24) is 15.5 Å². The lowest BCUT2D eigenvalue weighted by Gasteiger charge is -2.30. The van der Waals surface area contributed by atoms with Crippen molar-refractivity contribution in [2.24, 2.45) is 0 Å². The highest BCUT2D eigenvalue weighted by atomic mass is 16.3. The van der Waals surface area contributed by atoms with Crippen LogP contribution in [0.25, 0.3) is 0 Å². The molecule has 0 aromatic carbocycles. The second kappa shape index (κ2) is 7.31. The van der Waals surface area contributed by atoms with E-state index in [0.29, 0.717) is 6.04 Å². The number of β-amino-alcohol motifs (C(OH)–C–C–N with tert-alkyl or cyclic N) is 1. The Bertz CT molecular complexity index is 201. The van der Waals surface area contributed by atoms with Crippen LogP contribution in [0.3, 0.4) is 0 Å². The standard InChI is InChI=1S/C13H27N3O/c17-13(11-16-8-6-14-7-9-16)10-15-12-4-2-1-3-5-12/h12-15,17H,1-11H2. The van der Waals surface area contributed by atoms with Crippen molar-refractivity contribution < 1.29 is 5.11 Å². The summed E-state index contributed by atoms with van der Waals surface area (Å²) in [6.07, 6.45) is 6.47. The zero-order chi connectivity index (χ0) is 11.9. The normalized spacial score (nSPS) is 25.9. The maximum atomic E-state index is 10.0. The number of nitrogens with zero attached hydrogens (tertiary/aromatic N) is 1. The summed E-state index contributed by atoms with van der Waals surface area (Å²) >= 11 is 0. The van der Waals surface area contributed by atoms with Crippen LogP contribution >= 0.6 is 0 Å². The lowest BCUT2D eigenvalue weighted by Crippen LogP contribution is -2.48. The predicted molar refractivity (Wildman–Crippen MR) is 70.2 cm³/mol. The van der Waals surface area contributed by atoms with Gasteiger partial charge in [0.15, 0.2) is 0 Å². The van der Waals surface area contributed by atoms with E-state index in [2.05, 4.69) is 15.5 Å². The Hall–Kier alpha value is -0.160. The Morgan fingerprint density at radius 1 is 1.18 bits per heavy atom. The molecule has 2 fully saturated rings. The number of hydrogen-bond acceptors (Lipinski definition) is 4. The number of rotatable bonds is 5. The summed E-state index contributed by atoms with van der Waals surface area (Å²) in [5.74, 6) is 0. The van der Waals surface area contributed by atoms with E-state index in [4.69, 9.17) is 0 Å². The first-order chi connectivity index (χ1) is 8.34. The molecular formula is C13H27N3O. The summed E-state index contributed by atoms with van der Waals surface area (Å²) < 4.78 is 0. The first-order valence-electron chi connectivity index (χ1n) is 7.19. The predicted octanol–water partition coefficient (Wildman–Crippen LogP) is 0.175. The molecule has 1 aliphatic carbocycles. The quantitative estimate of drug-likeness (QED) is 0.642. The third-order valence-electron chi connectivity index (χ3n) is 3.93. The lowest BCUT2D eigenvalue weighted by atomic mass is 9.95. The van der Waals surface area contributed by atoms with Crippen LogP contribution in [0.15, 0.2) is 0 Å². The number of piperazine rings is 1. The van der Waals surface area contributed by atoms with Crippen molar-refractivity contribution in [1.29, 1.82) is 0 Å². The molecule has 2 aliphatic rings. The van der Waals surface area contributed by atoms with Crippen LogP contribution < -0.4 is 10.6 Å². The second-order valence-electron chi connectivity index (χ2n) is 5.45. The van der Waals surface area contributed by atoms with Crippen molar-refractivity contribution in [2.75, 3.05) is 39.3 Å². The van der Waals surface area contributed by atoms with Gasteiger partial charge in [-0.1, -0.05) is 19.3 Å².